The molecule has 1 N–H and O–H groups in total. The number of esters is 1. The standard InChI is InChI=1S/C7H11N3O4S2/c1-14-6(11)3-2-4-16(12,13)10-7-9-8-5-15-7/h5H,2-4H2,1H3,(H,9,10). The molecule has 0 aliphatic rings. The van der Waals surface area contributed by atoms with E-state index in [0.29, 0.717) is 0 Å². The van der Waals surface area contributed by atoms with Gasteiger partial charge in [-0.2, -0.15) is 0 Å². The van der Waals surface area contributed by atoms with E-state index in [1.807, 2.05) is 0 Å². The minimum absolute atomic E-state index is 0.0769. The molecule has 0 unspecified atom stereocenters. The summed E-state index contributed by atoms with van der Waals surface area (Å²) in [4.78, 5) is 10.8. The van der Waals surface area contributed by atoms with Crippen LogP contribution in [0.2, 0.25) is 0 Å². The Labute approximate surface area is 96.9 Å². The number of sulfonamides is 1. The summed E-state index contributed by atoms with van der Waals surface area (Å²) < 4.78 is 29.5. The number of hydrogen-bond donors (Lipinski definition) is 1. The topological polar surface area (TPSA) is 98.2 Å². The Morgan fingerprint density at radius 3 is 2.94 bits per heavy atom. The van der Waals surface area contributed by atoms with Crippen molar-refractivity contribution in [3.63, 3.8) is 0 Å². The smallest absolute Gasteiger partial charge is 0.305 e. The molecule has 1 aromatic rings. The first-order valence-corrected chi connectivity index (χ1v) is 6.90. The first-order chi connectivity index (χ1) is 7.53. The zero-order valence-electron chi connectivity index (χ0n) is 8.54. The van der Waals surface area contributed by atoms with Crippen molar-refractivity contribution >= 4 is 32.5 Å². The predicted octanol–water partition coefficient (Wildman–Crippen LogP) is 0.233. The van der Waals surface area contributed by atoms with Gasteiger partial charge in [0.15, 0.2) is 0 Å². The molecular formula is C7H11N3O4S2. The second-order valence-corrected chi connectivity index (χ2v) is 5.52. The molecule has 16 heavy (non-hydrogen) atoms. The fraction of sp³-hybridized carbons (Fsp3) is 0.571. The molecule has 0 fully saturated rings. The highest BCUT2D eigenvalue weighted by molar-refractivity contribution is 7.92. The molecule has 1 rings (SSSR count). The fourth-order valence-corrected chi connectivity index (χ4v) is 2.71. The number of nitrogens with one attached hydrogen (secondary N) is 1. The van der Waals surface area contributed by atoms with Crippen molar-refractivity contribution in [1.29, 1.82) is 0 Å². The normalized spacial score (nSPS) is 11.1. The molecule has 0 aliphatic heterocycles. The minimum Gasteiger partial charge on any atom is -0.469 e. The lowest BCUT2D eigenvalue weighted by Gasteiger charge is -2.03. The van der Waals surface area contributed by atoms with E-state index in [1.54, 1.807) is 0 Å². The van der Waals surface area contributed by atoms with Crippen LogP contribution in [0.1, 0.15) is 12.8 Å². The largest absolute Gasteiger partial charge is 0.469 e. The molecule has 90 valence electrons. The molecule has 1 heterocycles. The Kier molecular flexibility index (Phi) is 4.62. The molecule has 0 amide bonds. The summed E-state index contributed by atoms with van der Waals surface area (Å²) in [5.41, 5.74) is 1.42. The van der Waals surface area contributed by atoms with Crippen LogP contribution >= 0.6 is 11.3 Å². The van der Waals surface area contributed by atoms with Gasteiger partial charge in [-0.1, -0.05) is 11.3 Å². The van der Waals surface area contributed by atoms with E-state index in [4.69, 9.17) is 0 Å². The number of methoxy groups -OCH3 is 1. The van der Waals surface area contributed by atoms with Gasteiger partial charge in [-0.25, -0.2) is 8.42 Å². The average molecular weight is 265 g/mol. The molecule has 0 bridgehead atoms. The average Bonchev–Trinajstić information content (AvgIpc) is 2.69. The Balaban J connectivity index is 2.38. The summed E-state index contributed by atoms with van der Waals surface area (Å²) >= 11 is 1.09. The molecule has 0 saturated carbocycles. The third-order valence-electron chi connectivity index (χ3n) is 1.62. The maximum Gasteiger partial charge on any atom is 0.305 e. The van der Waals surface area contributed by atoms with Gasteiger partial charge in [-0.15, -0.1) is 10.2 Å². The Morgan fingerprint density at radius 2 is 2.38 bits per heavy atom. The number of anilines is 1. The van der Waals surface area contributed by atoms with Crippen molar-refractivity contribution in [2.45, 2.75) is 12.8 Å². The van der Waals surface area contributed by atoms with Crippen LogP contribution in [0.5, 0.6) is 0 Å². The van der Waals surface area contributed by atoms with Gasteiger partial charge in [0.1, 0.15) is 5.51 Å². The molecule has 7 nitrogen and oxygen atoms in total. The first kappa shape index (κ1) is 12.8. The van der Waals surface area contributed by atoms with Crippen molar-refractivity contribution < 1.29 is 17.9 Å². The van der Waals surface area contributed by atoms with Gasteiger partial charge in [-0.3, -0.25) is 9.52 Å². The van der Waals surface area contributed by atoms with Crippen LogP contribution < -0.4 is 4.72 Å². The van der Waals surface area contributed by atoms with Crippen LogP contribution in [-0.2, 0) is 19.6 Å². The first-order valence-electron chi connectivity index (χ1n) is 4.37. The van der Waals surface area contributed by atoms with Gasteiger partial charge in [0, 0.05) is 6.42 Å². The second kappa shape index (κ2) is 5.75. The summed E-state index contributed by atoms with van der Waals surface area (Å²) in [5.74, 6) is -0.576. The summed E-state index contributed by atoms with van der Waals surface area (Å²) in [5, 5.41) is 7.26. The number of nitrogens with zero attached hydrogens (tertiary/aromatic N) is 2. The van der Waals surface area contributed by atoms with Gasteiger partial charge in [-0.05, 0) is 6.42 Å². The Hall–Kier alpha value is -1.22. The SMILES string of the molecule is COC(=O)CCCS(=O)(=O)Nc1nncs1. The molecular weight excluding hydrogens is 254 g/mol. The lowest BCUT2D eigenvalue weighted by atomic mass is 10.3. The maximum atomic E-state index is 11.4. The van der Waals surface area contributed by atoms with Crippen molar-refractivity contribution in [2.75, 3.05) is 17.6 Å². The minimum atomic E-state index is -3.46. The lowest BCUT2D eigenvalue weighted by Crippen LogP contribution is -2.17. The summed E-state index contributed by atoms with van der Waals surface area (Å²) in [6, 6.07) is 0. The molecule has 0 aromatic carbocycles. The molecule has 1 aromatic heterocycles. The Morgan fingerprint density at radius 1 is 1.62 bits per heavy atom. The van der Waals surface area contributed by atoms with Gasteiger partial charge in [0.05, 0.1) is 12.9 Å². The van der Waals surface area contributed by atoms with Crippen LogP contribution in [0, 0.1) is 0 Å². The molecule has 0 atom stereocenters. The zero-order chi connectivity index (χ0) is 12.0. The predicted molar refractivity (Wildman–Crippen MR) is 58.6 cm³/mol. The van der Waals surface area contributed by atoms with Gasteiger partial charge < -0.3 is 4.74 Å². The van der Waals surface area contributed by atoms with Crippen LogP contribution in [0.3, 0.4) is 0 Å². The number of aromatic nitrogens is 2. The number of hydrogen-bond acceptors (Lipinski definition) is 7. The third kappa shape index (κ3) is 4.53. The Bertz CT molecular complexity index is 428. The molecule has 0 spiro atoms. The maximum absolute atomic E-state index is 11.4. The zero-order valence-corrected chi connectivity index (χ0v) is 10.2. The summed E-state index contributed by atoms with van der Waals surface area (Å²) in [6.45, 7) is 0. The molecule has 0 saturated heterocycles. The van der Waals surface area contributed by atoms with E-state index in [1.165, 1.54) is 12.6 Å². The van der Waals surface area contributed by atoms with Gasteiger partial charge >= 0.3 is 5.97 Å². The number of carbonyl (C=O) groups is 1. The second-order valence-electron chi connectivity index (χ2n) is 2.84. The molecule has 0 radical (unpaired) electrons. The van der Waals surface area contributed by atoms with E-state index in [9.17, 15) is 13.2 Å². The van der Waals surface area contributed by atoms with Crippen molar-refractivity contribution in [3.8, 4) is 0 Å². The number of carbonyl (C=O) groups excluding carboxylic acids is 1. The number of ether oxygens (including phenoxy) is 1. The monoisotopic (exact) mass is 265 g/mol. The lowest BCUT2D eigenvalue weighted by molar-refractivity contribution is -0.140. The highest BCUT2D eigenvalue weighted by atomic mass is 32.2. The van der Waals surface area contributed by atoms with E-state index in [-0.39, 0.29) is 23.7 Å². The highest BCUT2D eigenvalue weighted by Crippen LogP contribution is 2.11. The van der Waals surface area contributed by atoms with Crippen LogP contribution in [-0.4, -0.2) is 37.4 Å². The highest BCUT2D eigenvalue weighted by Gasteiger charge is 2.13. The van der Waals surface area contributed by atoms with Gasteiger partial charge in [0.2, 0.25) is 15.2 Å². The van der Waals surface area contributed by atoms with Crippen LogP contribution in [0.4, 0.5) is 5.13 Å². The van der Waals surface area contributed by atoms with E-state index < -0.39 is 16.0 Å². The van der Waals surface area contributed by atoms with Crippen LogP contribution in [0.25, 0.3) is 0 Å². The van der Waals surface area contributed by atoms with Crippen molar-refractivity contribution in [2.24, 2.45) is 0 Å². The van der Waals surface area contributed by atoms with E-state index >= 15 is 0 Å². The van der Waals surface area contributed by atoms with Crippen molar-refractivity contribution in [1.82, 2.24) is 10.2 Å². The quantitative estimate of drug-likeness (QED) is 0.739. The summed E-state index contributed by atoms with van der Waals surface area (Å²) in [6.07, 6.45) is 0.286. The van der Waals surface area contributed by atoms with Crippen LogP contribution in [0.15, 0.2) is 5.51 Å². The molecule has 0 aliphatic carbocycles. The fourth-order valence-electron chi connectivity index (χ4n) is 0.910. The van der Waals surface area contributed by atoms with E-state index in [2.05, 4.69) is 19.7 Å². The third-order valence-corrected chi connectivity index (χ3v) is 3.69. The van der Waals surface area contributed by atoms with Crippen molar-refractivity contribution in [3.05, 3.63) is 5.51 Å². The van der Waals surface area contributed by atoms with E-state index in [0.717, 1.165) is 11.3 Å². The number of rotatable bonds is 6. The van der Waals surface area contributed by atoms with Gasteiger partial charge in [0.25, 0.3) is 0 Å². The summed E-state index contributed by atoms with van der Waals surface area (Å²) in [7, 11) is -2.20. The molecule has 9 heteroatoms.